The van der Waals surface area contributed by atoms with Gasteiger partial charge in [-0.25, -0.2) is 4.68 Å². The summed E-state index contributed by atoms with van der Waals surface area (Å²) in [7, 11) is -4.30. The lowest BCUT2D eigenvalue weighted by molar-refractivity contribution is 0.483. The Morgan fingerprint density at radius 3 is 2.52 bits per heavy atom. The number of hydrogen-bond acceptors (Lipinski definition) is 3. The molecule has 0 radical (unpaired) electrons. The number of H-pyrrole nitrogens is 1. The highest BCUT2D eigenvalue weighted by Crippen LogP contribution is 2.24. The van der Waals surface area contributed by atoms with Crippen molar-refractivity contribution < 1.29 is 13.0 Å². The van der Waals surface area contributed by atoms with Crippen molar-refractivity contribution in [2.75, 3.05) is 0 Å². The summed E-state index contributed by atoms with van der Waals surface area (Å²) in [6, 6.07) is 11.0. The molecule has 3 rings (SSSR count). The van der Waals surface area contributed by atoms with Gasteiger partial charge < -0.3 is 0 Å². The first-order valence-electron chi connectivity index (χ1n) is 6.15. The van der Waals surface area contributed by atoms with E-state index in [0.717, 1.165) is 5.39 Å². The number of nitrogens with zero attached hydrogens (tertiary/aromatic N) is 1. The first-order chi connectivity index (χ1) is 9.86. The predicted molar refractivity (Wildman–Crippen MR) is 78.4 cm³/mol. The molecular formula is C14H12N2O4S. The maximum absolute atomic E-state index is 11.9. The van der Waals surface area contributed by atoms with Crippen LogP contribution in [0.4, 0.5) is 0 Å². The van der Waals surface area contributed by atoms with E-state index >= 15 is 0 Å². The van der Waals surface area contributed by atoms with Crippen LogP contribution in [-0.2, 0) is 10.1 Å². The largest absolute Gasteiger partial charge is 0.295 e. The number of fused-ring (bicyclic) bond motifs is 1. The molecule has 108 valence electrons. The van der Waals surface area contributed by atoms with E-state index in [4.69, 9.17) is 4.55 Å². The Labute approximate surface area is 120 Å². The predicted octanol–water partition coefficient (Wildman–Crippen LogP) is 1.87. The van der Waals surface area contributed by atoms with Crippen LogP contribution >= 0.6 is 0 Å². The third-order valence-electron chi connectivity index (χ3n) is 3.22. The van der Waals surface area contributed by atoms with E-state index in [1.54, 1.807) is 31.2 Å². The summed E-state index contributed by atoms with van der Waals surface area (Å²) in [5.41, 5.74) is 0.983. The molecule has 1 aromatic heterocycles. The van der Waals surface area contributed by atoms with Gasteiger partial charge in [-0.15, -0.1) is 0 Å². The van der Waals surface area contributed by atoms with Crippen molar-refractivity contribution in [3.63, 3.8) is 0 Å². The quantitative estimate of drug-likeness (QED) is 0.707. The number of hydrogen-bond donors (Lipinski definition) is 2. The Kier molecular flexibility index (Phi) is 2.96. The van der Waals surface area contributed by atoms with Crippen LogP contribution in [0.25, 0.3) is 16.5 Å². The Morgan fingerprint density at radius 1 is 1.14 bits per heavy atom. The van der Waals surface area contributed by atoms with Gasteiger partial charge in [0.15, 0.2) is 0 Å². The van der Waals surface area contributed by atoms with Crippen LogP contribution in [0.5, 0.6) is 0 Å². The van der Waals surface area contributed by atoms with Gasteiger partial charge in [-0.1, -0.05) is 18.2 Å². The van der Waals surface area contributed by atoms with Gasteiger partial charge in [-0.2, -0.15) is 8.42 Å². The minimum atomic E-state index is -4.30. The van der Waals surface area contributed by atoms with E-state index in [0.29, 0.717) is 16.8 Å². The zero-order valence-corrected chi connectivity index (χ0v) is 11.9. The van der Waals surface area contributed by atoms with Crippen molar-refractivity contribution in [1.82, 2.24) is 9.78 Å². The molecule has 0 saturated heterocycles. The summed E-state index contributed by atoms with van der Waals surface area (Å²) in [6.45, 7) is 1.76. The fourth-order valence-electron chi connectivity index (χ4n) is 2.28. The van der Waals surface area contributed by atoms with Crippen molar-refractivity contribution in [1.29, 1.82) is 0 Å². The highest BCUT2D eigenvalue weighted by Gasteiger charge is 2.13. The van der Waals surface area contributed by atoms with Crippen LogP contribution in [0.1, 0.15) is 5.69 Å². The average Bonchev–Trinajstić information content (AvgIpc) is 2.75. The van der Waals surface area contributed by atoms with Crippen molar-refractivity contribution in [3.05, 3.63) is 58.5 Å². The van der Waals surface area contributed by atoms with E-state index in [9.17, 15) is 13.2 Å². The molecule has 1 heterocycles. The topological polar surface area (TPSA) is 92.2 Å². The molecule has 0 aliphatic heterocycles. The molecule has 0 aliphatic rings. The van der Waals surface area contributed by atoms with E-state index < -0.39 is 10.1 Å². The molecule has 0 unspecified atom stereocenters. The fraction of sp³-hybridized carbons (Fsp3) is 0.0714. The lowest BCUT2D eigenvalue weighted by Gasteiger charge is -2.08. The standard InChI is InChI=1S/C14H12N2O4S/c1-9-7-14(17)16(15-9)13-4-2-3-10-5-6-11(8-12(10)13)21(18,19)20/h2-8,15H,1H3,(H,18,19,20). The van der Waals surface area contributed by atoms with Crippen molar-refractivity contribution >= 4 is 20.9 Å². The molecule has 2 N–H and O–H groups in total. The summed E-state index contributed by atoms with van der Waals surface area (Å²) < 4.78 is 33.1. The second-order valence-electron chi connectivity index (χ2n) is 4.75. The number of rotatable bonds is 2. The number of nitrogens with one attached hydrogen (secondary N) is 1. The van der Waals surface area contributed by atoms with Gasteiger partial charge in [0.2, 0.25) is 0 Å². The molecule has 3 aromatic rings. The lowest BCUT2D eigenvalue weighted by Crippen LogP contribution is -2.13. The first-order valence-corrected chi connectivity index (χ1v) is 7.59. The molecule has 7 heteroatoms. The third kappa shape index (κ3) is 2.37. The summed E-state index contributed by atoms with van der Waals surface area (Å²) >= 11 is 0. The van der Waals surface area contributed by atoms with E-state index in [-0.39, 0.29) is 10.5 Å². The van der Waals surface area contributed by atoms with E-state index in [1.165, 1.54) is 22.9 Å². The highest BCUT2D eigenvalue weighted by atomic mass is 32.2. The SMILES string of the molecule is Cc1cc(=O)n(-c2cccc3ccc(S(=O)(=O)O)cc23)[nH]1. The van der Waals surface area contributed by atoms with Crippen LogP contribution in [-0.4, -0.2) is 22.8 Å². The number of benzene rings is 2. The second-order valence-corrected chi connectivity index (χ2v) is 6.17. The zero-order valence-electron chi connectivity index (χ0n) is 11.1. The van der Waals surface area contributed by atoms with Crippen LogP contribution in [0.2, 0.25) is 0 Å². The average molecular weight is 304 g/mol. The summed E-state index contributed by atoms with van der Waals surface area (Å²) in [4.78, 5) is 11.7. The van der Waals surface area contributed by atoms with Gasteiger partial charge in [-0.3, -0.25) is 14.4 Å². The van der Waals surface area contributed by atoms with Crippen LogP contribution in [0, 0.1) is 6.92 Å². The van der Waals surface area contributed by atoms with Crippen molar-refractivity contribution in [2.45, 2.75) is 11.8 Å². The monoisotopic (exact) mass is 304 g/mol. The highest BCUT2D eigenvalue weighted by molar-refractivity contribution is 7.85. The van der Waals surface area contributed by atoms with Gasteiger partial charge in [0.1, 0.15) is 0 Å². The van der Waals surface area contributed by atoms with Gasteiger partial charge in [0.25, 0.3) is 15.7 Å². The Balaban J connectivity index is 2.38. The van der Waals surface area contributed by atoms with Crippen LogP contribution < -0.4 is 5.56 Å². The maximum Gasteiger partial charge on any atom is 0.294 e. The normalized spacial score (nSPS) is 11.9. The summed E-state index contributed by atoms with van der Waals surface area (Å²) in [5.74, 6) is 0. The molecular weight excluding hydrogens is 292 g/mol. The molecule has 0 bridgehead atoms. The number of aromatic amines is 1. The van der Waals surface area contributed by atoms with Crippen molar-refractivity contribution in [3.8, 4) is 5.69 Å². The Hall–Kier alpha value is -2.38. The van der Waals surface area contributed by atoms with Gasteiger partial charge in [0.05, 0.1) is 10.6 Å². The van der Waals surface area contributed by atoms with Crippen LogP contribution in [0.15, 0.2) is 52.2 Å². The molecule has 0 aliphatic carbocycles. The molecule has 0 amide bonds. The van der Waals surface area contributed by atoms with Crippen LogP contribution in [0.3, 0.4) is 0 Å². The zero-order chi connectivity index (χ0) is 15.2. The summed E-state index contributed by atoms with van der Waals surface area (Å²) in [5, 5.41) is 4.22. The fourth-order valence-corrected chi connectivity index (χ4v) is 2.79. The lowest BCUT2D eigenvalue weighted by atomic mass is 10.1. The first kappa shape index (κ1) is 13.6. The minimum Gasteiger partial charge on any atom is -0.295 e. The maximum atomic E-state index is 11.9. The van der Waals surface area contributed by atoms with Gasteiger partial charge in [-0.05, 0) is 30.5 Å². The number of aryl methyl sites for hydroxylation is 1. The molecule has 0 fully saturated rings. The Bertz CT molecular complexity index is 999. The molecule has 0 spiro atoms. The molecule has 21 heavy (non-hydrogen) atoms. The molecule has 2 aromatic carbocycles. The van der Waals surface area contributed by atoms with E-state index in [1.807, 2.05) is 0 Å². The second kappa shape index (κ2) is 4.57. The summed E-state index contributed by atoms with van der Waals surface area (Å²) in [6.07, 6.45) is 0. The van der Waals surface area contributed by atoms with E-state index in [2.05, 4.69) is 5.10 Å². The molecule has 0 saturated carbocycles. The number of aromatic nitrogens is 2. The minimum absolute atomic E-state index is 0.209. The molecule has 6 nitrogen and oxygen atoms in total. The van der Waals surface area contributed by atoms with Gasteiger partial charge in [0, 0.05) is 17.1 Å². The third-order valence-corrected chi connectivity index (χ3v) is 4.07. The Morgan fingerprint density at radius 2 is 1.90 bits per heavy atom. The molecule has 0 atom stereocenters. The smallest absolute Gasteiger partial charge is 0.294 e. The van der Waals surface area contributed by atoms with Gasteiger partial charge >= 0.3 is 0 Å². The van der Waals surface area contributed by atoms with Crippen molar-refractivity contribution in [2.24, 2.45) is 0 Å².